The van der Waals surface area contributed by atoms with Crippen molar-refractivity contribution in [2.24, 2.45) is 0 Å². The maximum atomic E-state index is 12.7. The average molecular weight is 337 g/mol. The molecule has 3 rings (SSSR count). The van der Waals surface area contributed by atoms with E-state index in [9.17, 15) is 8.42 Å². The monoisotopic (exact) mass is 336 g/mol. The smallest absolute Gasteiger partial charge is 0.244 e. The maximum Gasteiger partial charge on any atom is 0.244 e. The quantitative estimate of drug-likeness (QED) is 0.865. The zero-order valence-corrected chi connectivity index (χ0v) is 13.6. The molecule has 0 aromatic heterocycles. The van der Waals surface area contributed by atoms with Gasteiger partial charge in [-0.05, 0) is 24.3 Å². The van der Waals surface area contributed by atoms with Crippen molar-refractivity contribution in [3.63, 3.8) is 0 Å². The van der Waals surface area contributed by atoms with E-state index in [0.717, 1.165) is 5.69 Å². The molecule has 0 N–H and O–H groups in total. The van der Waals surface area contributed by atoms with Gasteiger partial charge in [-0.15, -0.1) is 0 Å². The molecule has 0 bridgehead atoms. The molecule has 0 saturated carbocycles. The molecule has 6 heteroatoms. The van der Waals surface area contributed by atoms with Crippen LogP contribution < -0.4 is 4.90 Å². The van der Waals surface area contributed by atoms with Crippen LogP contribution in [0.1, 0.15) is 0 Å². The molecule has 1 fully saturated rings. The lowest BCUT2D eigenvalue weighted by Crippen LogP contribution is -2.48. The number of hydrogen-bond donors (Lipinski definition) is 0. The maximum absolute atomic E-state index is 12.7. The van der Waals surface area contributed by atoms with Crippen LogP contribution in [0.3, 0.4) is 0 Å². The number of benzene rings is 2. The van der Waals surface area contributed by atoms with Crippen molar-refractivity contribution in [1.82, 2.24) is 4.31 Å². The summed E-state index contributed by atoms with van der Waals surface area (Å²) in [5.41, 5.74) is 1.12. The molecule has 1 saturated heterocycles. The highest BCUT2D eigenvalue weighted by Crippen LogP contribution is 2.26. The van der Waals surface area contributed by atoms with Gasteiger partial charge in [0.25, 0.3) is 0 Å². The predicted octanol–water partition coefficient (Wildman–Crippen LogP) is 2.85. The first-order chi connectivity index (χ1) is 10.6. The number of nitrogens with zero attached hydrogens (tertiary/aromatic N) is 2. The molecule has 116 valence electrons. The highest BCUT2D eigenvalue weighted by Gasteiger charge is 2.29. The van der Waals surface area contributed by atoms with Crippen LogP contribution in [0, 0.1) is 0 Å². The van der Waals surface area contributed by atoms with Crippen molar-refractivity contribution in [3.8, 4) is 0 Å². The molecule has 0 aliphatic carbocycles. The summed E-state index contributed by atoms with van der Waals surface area (Å²) in [6, 6.07) is 16.6. The van der Waals surface area contributed by atoms with Crippen LogP contribution in [0.5, 0.6) is 0 Å². The van der Waals surface area contributed by atoms with Crippen LogP contribution in [-0.2, 0) is 10.0 Å². The molecule has 0 unspecified atom stereocenters. The second kappa shape index (κ2) is 6.28. The molecule has 2 aromatic carbocycles. The molecule has 2 aromatic rings. The Morgan fingerprint density at radius 2 is 1.41 bits per heavy atom. The Hall–Kier alpha value is -1.56. The van der Waals surface area contributed by atoms with Crippen molar-refractivity contribution < 1.29 is 8.42 Å². The zero-order chi connectivity index (χ0) is 15.6. The van der Waals surface area contributed by atoms with E-state index in [2.05, 4.69) is 4.90 Å². The summed E-state index contributed by atoms with van der Waals surface area (Å²) in [6.07, 6.45) is 0. The Balaban J connectivity index is 1.75. The van der Waals surface area contributed by atoms with Gasteiger partial charge in [-0.25, -0.2) is 8.42 Å². The fraction of sp³-hybridized carbons (Fsp3) is 0.250. The Morgan fingerprint density at radius 3 is 2.05 bits per heavy atom. The van der Waals surface area contributed by atoms with Crippen LogP contribution in [0.4, 0.5) is 5.69 Å². The third-order valence-corrected chi connectivity index (χ3v) is 6.21. The minimum absolute atomic E-state index is 0.185. The summed E-state index contributed by atoms with van der Waals surface area (Å²) in [7, 11) is -3.52. The van der Waals surface area contributed by atoms with Crippen molar-refractivity contribution in [2.75, 3.05) is 31.1 Å². The van der Waals surface area contributed by atoms with E-state index < -0.39 is 10.0 Å². The van der Waals surface area contributed by atoms with Gasteiger partial charge in [-0.2, -0.15) is 4.31 Å². The molecular weight excluding hydrogens is 320 g/mol. The molecule has 1 aliphatic heterocycles. The fourth-order valence-corrected chi connectivity index (χ4v) is 4.53. The van der Waals surface area contributed by atoms with Gasteiger partial charge in [0.2, 0.25) is 10.0 Å². The first-order valence-corrected chi connectivity index (χ1v) is 8.95. The molecule has 0 spiro atoms. The summed E-state index contributed by atoms with van der Waals surface area (Å²) in [5.74, 6) is 0. The molecule has 1 aliphatic rings. The van der Waals surface area contributed by atoms with E-state index in [1.807, 2.05) is 30.3 Å². The Kier molecular flexibility index (Phi) is 4.38. The van der Waals surface area contributed by atoms with Crippen LogP contribution in [0.15, 0.2) is 59.5 Å². The predicted molar refractivity (Wildman–Crippen MR) is 88.9 cm³/mol. The SMILES string of the molecule is O=S(=O)(c1ccccc1Cl)N1CCN(c2ccccc2)CC1. The van der Waals surface area contributed by atoms with E-state index >= 15 is 0 Å². The third kappa shape index (κ3) is 2.97. The summed E-state index contributed by atoms with van der Waals surface area (Å²) in [6.45, 7) is 2.27. The van der Waals surface area contributed by atoms with Gasteiger partial charge >= 0.3 is 0 Å². The van der Waals surface area contributed by atoms with Crippen LogP contribution >= 0.6 is 11.6 Å². The van der Waals surface area contributed by atoms with Gasteiger partial charge in [0.05, 0.1) is 5.02 Å². The van der Waals surface area contributed by atoms with E-state index in [1.54, 1.807) is 24.3 Å². The average Bonchev–Trinajstić information content (AvgIpc) is 2.56. The number of piperazine rings is 1. The van der Waals surface area contributed by atoms with Gasteiger partial charge in [-0.1, -0.05) is 41.9 Å². The van der Waals surface area contributed by atoms with Crippen LogP contribution in [-0.4, -0.2) is 38.9 Å². The van der Waals surface area contributed by atoms with E-state index in [1.165, 1.54) is 4.31 Å². The lowest BCUT2D eigenvalue weighted by Gasteiger charge is -2.35. The largest absolute Gasteiger partial charge is 0.369 e. The minimum Gasteiger partial charge on any atom is -0.369 e. The number of anilines is 1. The molecule has 0 amide bonds. The second-order valence-electron chi connectivity index (χ2n) is 5.16. The number of para-hydroxylation sites is 1. The van der Waals surface area contributed by atoms with Gasteiger partial charge in [-0.3, -0.25) is 0 Å². The minimum atomic E-state index is -3.52. The highest BCUT2D eigenvalue weighted by atomic mass is 35.5. The molecule has 0 radical (unpaired) electrons. The van der Waals surface area contributed by atoms with Crippen LogP contribution in [0.2, 0.25) is 5.02 Å². The summed E-state index contributed by atoms with van der Waals surface area (Å²) >= 11 is 6.04. The summed E-state index contributed by atoms with van der Waals surface area (Å²) in [4.78, 5) is 2.38. The van der Waals surface area contributed by atoms with Crippen LogP contribution in [0.25, 0.3) is 0 Å². The number of rotatable bonds is 3. The van der Waals surface area contributed by atoms with E-state index in [4.69, 9.17) is 11.6 Å². The lowest BCUT2D eigenvalue weighted by atomic mass is 10.2. The molecule has 1 heterocycles. The lowest BCUT2D eigenvalue weighted by molar-refractivity contribution is 0.385. The van der Waals surface area contributed by atoms with Gasteiger partial charge in [0, 0.05) is 31.9 Å². The van der Waals surface area contributed by atoms with Crippen molar-refractivity contribution in [1.29, 1.82) is 0 Å². The fourth-order valence-electron chi connectivity index (χ4n) is 2.62. The second-order valence-corrected chi connectivity index (χ2v) is 7.47. The number of sulfonamides is 1. The molecule has 22 heavy (non-hydrogen) atoms. The number of halogens is 1. The number of hydrogen-bond acceptors (Lipinski definition) is 3. The Bertz CT molecular complexity index is 742. The van der Waals surface area contributed by atoms with Gasteiger partial charge < -0.3 is 4.90 Å². The van der Waals surface area contributed by atoms with Crippen molar-refractivity contribution >= 4 is 27.3 Å². The third-order valence-electron chi connectivity index (χ3n) is 3.81. The van der Waals surface area contributed by atoms with E-state index in [-0.39, 0.29) is 9.92 Å². The first-order valence-electron chi connectivity index (χ1n) is 7.14. The standard InChI is InChI=1S/C16H17ClN2O2S/c17-15-8-4-5-9-16(15)22(20,21)19-12-10-18(11-13-19)14-6-2-1-3-7-14/h1-9H,10-13H2. The summed E-state index contributed by atoms with van der Waals surface area (Å²) < 4.78 is 26.9. The molecule has 0 atom stereocenters. The van der Waals surface area contributed by atoms with Crippen molar-refractivity contribution in [3.05, 3.63) is 59.6 Å². The normalized spacial score (nSPS) is 16.7. The first kappa shape index (κ1) is 15.3. The molecular formula is C16H17ClN2O2S. The topological polar surface area (TPSA) is 40.6 Å². The van der Waals surface area contributed by atoms with Gasteiger partial charge in [0.1, 0.15) is 4.90 Å². The highest BCUT2D eigenvalue weighted by molar-refractivity contribution is 7.89. The van der Waals surface area contributed by atoms with Crippen molar-refractivity contribution in [2.45, 2.75) is 4.90 Å². The Morgan fingerprint density at radius 1 is 0.818 bits per heavy atom. The Labute approximate surface area is 136 Å². The zero-order valence-electron chi connectivity index (χ0n) is 12.0. The summed E-state index contributed by atoms with van der Waals surface area (Å²) in [5, 5.41) is 0.271. The molecule has 4 nitrogen and oxygen atoms in total. The van der Waals surface area contributed by atoms with E-state index in [0.29, 0.717) is 26.2 Å². The van der Waals surface area contributed by atoms with Gasteiger partial charge in [0.15, 0.2) is 0 Å².